The van der Waals surface area contributed by atoms with Gasteiger partial charge in [-0.15, -0.1) is 35.0 Å². The van der Waals surface area contributed by atoms with E-state index in [1.807, 2.05) is 11.6 Å². The zero-order chi connectivity index (χ0) is 16.7. The van der Waals surface area contributed by atoms with Gasteiger partial charge in [-0.3, -0.25) is 0 Å². The Balaban J connectivity index is 0.00000121. The van der Waals surface area contributed by atoms with Gasteiger partial charge in [-0.1, -0.05) is 0 Å². The van der Waals surface area contributed by atoms with Gasteiger partial charge in [-0.25, -0.2) is 4.98 Å². The van der Waals surface area contributed by atoms with Gasteiger partial charge >= 0.3 is 0 Å². The number of nitrogens with two attached hydrogens (primary N) is 2. The van der Waals surface area contributed by atoms with Gasteiger partial charge in [0.25, 0.3) is 0 Å². The minimum absolute atomic E-state index is 0. The molecule has 2 aromatic heterocycles. The monoisotopic (exact) mass is 400 g/mol. The van der Waals surface area contributed by atoms with Crippen molar-refractivity contribution in [1.29, 1.82) is 0 Å². The molecule has 1 saturated heterocycles. The molecule has 0 amide bonds. The molecule has 1 aliphatic heterocycles. The molecule has 2 aliphatic rings. The first-order chi connectivity index (χ1) is 11.6. The lowest BCUT2D eigenvalue weighted by molar-refractivity contribution is 0.345. The van der Waals surface area contributed by atoms with Crippen molar-refractivity contribution in [2.24, 2.45) is 12.8 Å². The second-order valence-electron chi connectivity index (χ2n) is 7.00. The van der Waals surface area contributed by atoms with Crippen LogP contribution in [0.2, 0.25) is 0 Å². The van der Waals surface area contributed by atoms with Crippen LogP contribution in [0.15, 0.2) is 12.4 Å². The molecule has 2 fully saturated rings. The third-order valence-electron chi connectivity index (χ3n) is 5.27. The van der Waals surface area contributed by atoms with Crippen molar-refractivity contribution in [2.45, 2.75) is 43.6 Å². The number of hydrogen-bond donors (Lipinski definition) is 2. The molecular weight excluding hydrogens is 375 g/mol. The van der Waals surface area contributed by atoms with Crippen molar-refractivity contribution in [3.8, 4) is 0 Å². The highest BCUT2D eigenvalue weighted by Crippen LogP contribution is 2.36. The molecule has 1 aliphatic carbocycles. The highest BCUT2D eigenvalue weighted by Gasteiger charge is 2.30. The summed E-state index contributed by atoms with van der Waals surface area (Å²) in [6.07, 6.45) is 5.83. The first-order valence-electron chi connectivity index (χ1n) is 8.59. The Labute approximate surface area is 165 Å². The molecule has 0 aromatic carbocycles. The molecule has 4 rings (SSSR count). The lowest BCUT2D eigenvalue weighted by Gasteiger charge is -2.34. The van der Waals surface area contributed by atoms with Crippen molar-refractivity contribution in [3.05, 3.63) is 23.9 Å². The second-order valence-corrected chi connectivity index (χ2v) is 7.00. The van der Waals surface area contributed by atoms with Crippen LogP contribution in [0.1, 0.15) is 49.0 Å². The van der Waals surface area contributed by atoms with Gasteiger partial charge in [0.15, 0.2) is 0 Å². The second kappa shape index (κ2) is 8.37. The molecule has 0 bridgehead atoms. The fourth-order valence-corrected chi connectivity index (χ4v) is 3.77. The Hall–Kier alpha value is -1.64. The van der Waals surface area contributed by atoms with Crippen LogP contribution in [0.5, 0.6) is 0 Å². The van der Waals surface area contributed by atoms with Crippen LogP contribution in [0.4, 0.5) is 11.8 Å². The van der Waals surface area contributed by atoms with Gasteiger partial charge in [0.2, 0.25) is 5.95 Å². The van der Waals surface area contributed by atoms with Crippen LogP contribution in [0, 0.1) is 0 Å². The zero-order valence-electron chi connectivity index (χ0n) is 14.8. The van der Waals surface area contributed by atoms with E-state index in [-0.39, 0.29) is 24.8 Å². The first kappa shape index (κ1) is 20.7. The number of halogens is 2. The number of piperidine rings is 1. The van der Waals surface area contributed by atoms with E-state index in [0.29, 0.717) is 23.8 Å². The average Bonchev–Trinajstić information content (AvgIpc) is 2.97. The van der Waals surface area contributed by atoms with Gasteiger partial charge in [0.05, 0.1) is 5.69 Å². The summed E-state index contributed by atoms with van der Waals surface area (Å²) in [6.45, 7) is 1.88. The van der Waals surface area contributed by atoms with E-state index in [9.17, 15) is 0 Å². The van der Waals surface area contributed by atoms with Crippen LogP contribution >= 0.6 is 24.8 Å². The zero-order valence-corrected chi connectivity index (χ0v) is 16.4. The van der Waals surface area contributed by atoms with E-state index in [0.717, 1.165) is 56.1 Å². The van der Waals surface area contributed by atoms with Gasteiger partial charge < -0.3 is 20.9 Å². The Morgan fingerprint density at radius 3 is 2.35 bits per heavy atom. The average molecular weight is 401 g/mol. The number of anilines is 2. The number of nitrogen functional groups attached to an aromatic ring is 1. The van der Waals surface area contributed by atoms with Crippen LogP contribution in [0.25, 0.3) is 0 Å². The lowest BCUT2D eigenvalue weighted by atomic mass is 9.78. The molecule has 3 heterocycles. The van der Waals surface area contributed by atoms with Gasteiger partial charge in [0, 0.05) is 44.1 Å². The summed E-state index contributed by atoms with van der Waals surface area (Å²) >= 11 is 0. The maximum absolute atomic E-state index is 5.94. The Morgan fingerprint density at radius 2 is 1.77 bits per heavy atom. The summed E-state index contributed by atoms with van der Waals surface area (Å²) in [5.74, 6) is 3.26. The Bertz CT molecular complexity index is 723. The van der Waals surface area contributed by atoms with E-state index in [1.54, 1.807) is 6.33 Å². The molecule has 10 heteroatoms. The Morgan fingerprint density at radius 1 is 1.08 bits per heavy atom. The van der Waals surface area contributed by atoms with E-state index >= 15 is 0 Å². The smallest absolute Gasteiger partial charge is 0.222 e. The molecule has 0 unspecified atom stereocenters. The van der Waals surface area contributed by atoms with Crippen LogP contribution in [0.3, 0.4) is 0 Å². The number of hydrogen-bond acceptors (Lipinski definition) is 7. The topological polar surface area (TPSA) is 112 Å². The SMILES string of the molecule is Cl.Cl.Cn1cnnc1C1CCN(c2cc(C3CC(N)C3)nc(N)n2)CC1. The molecule has 4 N–H and O–H groups in total. The molecule has 26 heavy (non-hydrogen) atoms. The summed E-state index contributed by atoms with van der Waals surface area (Å²) in [5.41, 5.74) is 12.9. The Kier molecular flexibility index (Phi) is 6.65. The van der Waals surface area contributed by atoms with Crippen molar-refractivity contribution < 1.29 is 0 Å². The summed E-state index contributed by atoms with van der Waals surface area (Å²) in [4.78, 5) is 11.2. The van der Waals surface area contributed by atoms with E-state index in [4.69, 9.17) is 11.5 Å². The summed E-state index contributed by atoms with van der Waals surface area (Å²) < 4.78 is 2.01. The quantitative estimate of drug-likeness (QED) is 0.804. The third kappa shape index (κ3) is 4.02. The maximum atomic E-state index is 5.94. The van der Waals surface area contributed by atoms with Gasteiger partial charge in [-0.2, -0.15) is 4.98 Å². The molecule has 2 aromatic rings. The van der Waals surface area contributed by atoms with E-state index in [1.165, 1.54) is 0 Å². The standard InChI is InChI=1S/C16H24N8.2ClH/c1-23-9-19-22-15(23)10-2-4-24(5-3-10)14-8-13(20-16(18)21-14)11-6-12(17)7-11;;/h8-12H,2-7,17H2,1H3,(H2,18,20,21);2*1H. The fourth-order valence-electron chi connectivity index (χ4n) is 3.77. The van der Waals surface area contributed by atoms with Gasteiger partial charge in [0.1, 0.15) is 18.0 Å². The van der Waals surface area contributed by atoms with Crippen molar-refractivity contribution in [3.63, 3.8) is 0 Å². The first-order valence-corrected chi connectivity index (χ1v) is 8.59. The summed E-state index contributed by atoms with van der Waals surface area (Å²) in [6, 6.07) is 2.40. The lowest BCUT2D eigenvalue weighted by Crippen LogP contribution is -2.36. The normalized spacial score (nSPS) is 22.9. The minimum atomic E-state index is 0. The molecule has 0 spiro atoms. The van der Waals surface area contributed by atoms with Crippen molar-refractivity contribution in [1.82, 2.24) is 24.7 Å². The summed E-state index contributed by atoms with van der Waals surface area (Å²) in [7, 11) is 2.00. The van der Waals surface area contributed by atoms with Gasteiger partial charge in [-0.05, 0) is 25.7 Å². The number of aryl methyl sites for hydroxylation is 1. The number of rotatable bonds is 3. The predicted molar refractivity (Wildman–Crippen MR) is 106 cm³/mol. The minimum Gasteiger partial charge on any atom is -0.368 e. The van der Waals surface area contributed by atoms with Crippen molar-refractivity contribution >= 4 is 36.6 Å². The predicted octanol–water partition coefficient (Wildman–Crippen LogP) is 1.62. The molecule has 0 radical (unpaired) electrons. The number of aromatic nitrogens is 5. The van der Waals surface area contributed by atoms with E-state index in [2.05, 4.69) is 31.1 Å². The van der Waals surface area contributed by atoms with Crippen molar-refractivity contribution in [2.75, 3.05) is 23.7 Å². The molecule has 8 nitrogen and oxygen atoms in total. The fraction of sp³-hybridized carbons (Fsp3) is 0.625. The van der Waals surface area contributed by atoms with Crippen LogP contribution in [-0.2, 0) is 7.05 Å². The summed E-state index contributed by atoms with van der Waals surface area (Å²) in [5, 5.41) is 8.24. The largest absolute Gasteiger partial charge is 0.368 e. The molecular formula is C16H26Cl2N8. The third-order valence-corrected chi connectivity index (χ3v) is 5.27. The number of nitrogens with zero attached hydrogens (tertiary/aromatic N) is 6. The highest BCUT2D eigenvalue weighted by atomic mass is 35.5. The van der Waals surface area contributed by atoms with Crippen LogP contribution < -0.4 is 16.4 Å². The molecule has 144 valence electrons. The maximum Gasteiger partial charge on any atom is 0.222 e. The molecule has 1 saturated carbocycles. The van der Waals surface area contributed by atoms with Crippen LogP contribution in [-0.4, -0.2) is 43.9 Å². The van der Waals surface area contributed by atoms with E-state index < -0.39 is 0 Å². The highest BCUT2D eigenvalue weighted by molar-refractivity contribution is 5.85. The molecule has 0 atom stereocenters.